The Labute approximate surface area is 137 Å². The maximum Gasteiger partial charge on any atom is 0.404 e. The first-order valence-corrected chi connectivity index (χ1v) is 7.01. The van der Waals surface area contributed by atoms with E-state index in [1.54, 1.807) is 6.07 Å². The molecule has 2 aromatic carbocycles. The van der Waals surface area contributed by atoms with Crippen LogP contribution in [0.1, 0.15) is 16.7 Å². The van der Waals surface area contributed by atoms with Gasteiger partial charge in [-0.25, -0.2) is 13.6 Å². The summed E-state index contributed by atoms with van der Waals surface area (Å²) in [5.41, 5.74) is 5.91. The molecule has 5 nitrogen and oxygen atoms in total. The first-order valence-electron chi connectivity index (χ1n) is 7.01. The SMILES string of the molecule is N#Cc1cc(Cc2cc(F)ccc2OCCOC(N)=O)ccc1F. The Kier molecular flexibility index (Phi) is 5.68. The zero-order valence-electron chi connectivity index (χ0n) is 12.6. The van der Waals surface area contributed by atoms with Crippen LogP contribution in [0.2, 0.25) is 0 Å². The molecule has 124 valence electrons. The van der Waals surface area contributed by atoms with Gasteiger partial charge in [-0.05, 0) is 35.9 Å². The summed E-state index contributed by atoms with van der Waals surface area (Å²) in [6.45, 7) is 0.00964. The summed E-state index contributed by atoms with van der Waals surface area (Å²) in [7, 11) is 0. The summed E-state index contributed by atoms with van der Waals surface area (Å²) >= 11 is 0. The lowest BCUT2D eigenvalue weighted by Gasteiger charge is -2.12. The number of hydrogen-bond donors (Lipinski definition) is 1. The molecule has 2 aromatic rings. The quantitative estimate of drug-likeness (QED) is 0.824. The number of benzene rings is 2. The number of hydrogen-bond acceptors (Lipinski definition) is 4. The average molecular weight is 332 g/mol. The van der Waals surface area contributed by atoms with Crippen LogP contribution >= 0.6 is 0 Å². The lowest BCUT2D eigenvalue weighted by molar-refractivity contribution is 0.133. The molecule has 0 aliphatic carbocycles. The van der Waals surface area contributed by atoms with Gasteiger partial charge >= 0.3 is 6.09 Å². The molecule has 0 saturated heterocycles. The maximum absolute atomic E-state index is 13.5. The van der Waals surface area contributed by atoms with Crippen molar-refractivity contribution in [3.63, 3.8) is 0 Å². The molecule has 0 spiro atoms. The van der Waals surface area contributed by atoms with Crippen molar-refractivity contribution in [1.29, 1.82) is 5.26 Å². The molecule has 0 bridgehead atoms. The van der Waals surface area contributed by atoms with E-state index < -0.39 is 17.7 Å². The monoisotopic (exact) mass is 332 g/mol. The highest BCUT2D eigenvalue weighted by Gasteiger charge is 2.09. The molecule has 2 N–H and O–H groups in total. The second kappa shape index (κ2) is 7.92. The first kappa shape index (κ1) is 17.2. The molecule has 0 aromatic heterocycles. The third-order valence-electron chi connectivity index (χ3n) is 3.15. The molecule has 2 rings (SSSR count). The molecule has 0 heterocycles. The Hall–Kier alpha value is -3.14. The van der Waals surface area contributed by atoms with Gasteiger partial charge in [0.1, 0.15) is 36.7 Å². The molecular weight excluding hydrogens is 318 g/mol. The van der Waals surface area contributed by atoms with E-state index >= 15 is 0 Å². The molecule has 1 amide bonds. The summed E-state index contributed by atoms with van der Waals surface area (Å²) < 4.78 is 36.9. The van der Waals surface area contributed by atoms with Crippen LogP contribution in [-0.2, 0) is 11.2 Å². The molecular formula is C17H14F2N2O3. The summed E-state index contributed by atoms with van der Waals surface area (Å²) in [5.74, 6) is -0.666. The van der Waals surface area contributed by atoms with Crippen molar-refractivity contribution in [1.82, 2.24) is 0 Å². The van der Waals surface area contributed by atoms with E-state index in [-0.39, 0.29) is 25.2 Å². The summed E-state index contributed by atoms with van der Waals surface area (Å²) in [4.78, 5) is 10.5. The highest BCUT2D eigenvalue weighted by atomic mass is 19.1. The Morgan fingerprint density at radius 3 is 2.67 bits per heavy atom. The Morgan fingerprint density at radius 2 is 1.96 bits per heavy atom. The minimum Gasteiger partial charge on any atom is -0.490 e. The number of carbonyl (C=O) groups excluding carboxylic acids is 1. The van der Waals surface area contributed by atoms with E-state index in [1.807, 2.05) is 0 Å². The number of amides is 1. The van der Waals surface area contributed by atoms with Gasteiger partial charge in [-0.3, -0.25) is 0 Å². The number of primary amides is 1. The van der Waals surface area contributed by atoms with Gasteiger partial charge in [0.25, 0.3) is 0 Å². The largest absolute Gasteiger partial charge is 0.490 e. The Balaban J connectivity index is 2.15. The minimum absolute atomic E-state index is 0.0404. The number of ether oxygens (including phenoxy) is 2. The summed E-state index contributed by atoms with van der Waals surface area (Å²) in [6, 6.07) is 9.84. The smallest absolute Gasteiger partial charge is 0.404 e. The second-order valence-electron chi connectivity index (χ2n) is 4.87. The van der Waals surface area contributed by atoms with E-state index in [2.05, 4.69) is 4.74 Å². The van der Waals surface area contributed by atoms with Crippen LogP contribution in [0.3, 0.4) is 0 Å². The van der Waals surface area contributed by atoms with Gasteiger partial charge in [-0.15, -0.1) is 0 Å². The van der Waals surface area contributed by atoms with Crippen LogP contribution in [-0.4, -0.2) is 19.3 Å². The van der Waals surface area contributed by atoms with Gasteiger partial charge < -0.3 is 15.2 Å². The van der Waals surface area contributed by atoms with Crippen LogP contribution in [0.25, 0.3) is 0 Å². The van der Waals surface area contributed by atoms with E-state index in [1.165, 1.54) is 36.4 Å². The van der Waals surface area contributed by atoms with Gasteiger partial charge in [0.05, 0.1) is 5.56 Å². The standard InChI is InChI=1S/C17H14F2N2O3/c18-14-2-4-16(23-5-6-24-17(21)22)12(9-14)7-11-1-3-15(19)13(8-11)10-20/h1-4,8-9H,5-7H2,(H2,21,22). The first-order chi connectivity index (χ1) is 11.5. The number of halogens is 2. The number of rotatable bonds is 6. The average Bonchev–Trinajstić information content (AvgIpc) is 2.54. The van der Waals surface area contributed by atoms with Crippen LogP contribution in [0.5, 0.6) is 5.75 Å². The highest BCUT2D eigenvalue weighted by Crippen LogP contribution is 2.24. The highest BCUT2D eigenvalue weighted by molar-refractivity contribution is 5.64. The fraction of sp³-hybridized carbons (Fsp3) is 0.176. The molecule has 7 heteroatoms. The molecule has 0 radical (unpaired) electrons. The lowest BCUT2D eigenvalue weighted by Crippen LogP contribution is -2.17. The molecule has 0 fully saturated rings. The number of nitriles is 1. The van der Waals surface area contributed by atoms with Crippen LogP contribution < -0.4 is 10.5 Å². The normalized spacial score (nSPS) is 10.0. The third kappa shape index (κ3) is 4.68. The molecule has 24 heavy (non-hydrogen) atoms. The van der Waals surface area contributed by atoms with Gasteiger partial charge in [-0.2, -0.15) is 5.26 Å². The van der Waals surface area contributed by atoms with E-state index in [4.69, 9.17) is 15.7 Å². The van der Waals surface area contributed by atoms with Crippen molar-refractivity contribution in [2.45, 2.75) is 6.42 Å². The van der Waals surface area contributed by atoms with Crippen molar-refractivity contribution in [3.05, 3.63) is 64.7 Å². The van der Waals surface area contributed by atoms with Crippen molar-refractivity contribution in [3.8, 4) is 11.8 Å². The van der Waals surface area contributed by atoms with Gasteiger partial charge in [0.2, 0.25) is 0 Å². The van der Waals surface area contributed by atoms with Crippen molar-refractivity contribution >= 4 is 6.09 Å². The molecule has 0 atom stereocenters. The van der Waals surface area contributed by atoms with E-state index in [0.717, 1.165) is 0 Å². The predicted octanol–water partition coefficient (Wildman–Crippen LogP) is 2.90. The second-order valence-corrected chi connectivity index (χ2v) is 4.87. The van der Waals surface area contributed by atoms with Gasteiger partial charge in [-0.1, -0.05) is 6.07 Å². The van der Waals surface area contributed by atoms with Crippen LogP contribution in [0.4, 0.5) is 13.6 Å². The number of nitrogens with zero attached hydrogens (tertiary/aromatic N) is 1. The minimum atomic E-state index is -0.909. The zero-order valence-corrected chi connectivity index (χ0v) is 12.6. The van der Waals surface area contributed by atoms with E-state index in [0.29, 0.717) is 16.9 Å². The van der Waals surface area contributed by atoms with Crippen molar-refractivity contribution < 1.29 is 23.0 Å². The van der Waals surface area contributed by atoms with Crippen molar-refractivity contribution in [2.24, 2.45) is 5.73 Å². The van der Waals surface area contributed by atoms with Gasteiger partial charge in [0, 0.05) is 12.0 Å². The summed E-state index contributed by atoms with van der Waals surface area (Å²) in [5, 5.41) is 8.87. The fourth-order valence-corrected chi connectivity index (χ4v) is 2.11. The Morgan fingerprint density at radius 1 is 1.17 bits per heavy atom. The fourth-order valence-electron chi connectivity index (χ4n) is 2.11. The topological polar surface area (TPSA) is 85.3 Å². The van der Waals surface area contributed by atoms with Crippen LogP contribution in [0.15, 0.2) is 36.4 Å². The maximum atomic E-state index is 13.5. The lowest BCUT2D eigenvalue weighted by atomic mass is 10.0. The molecule has 0 aliphatic rings. The van der Waals surface area contributed by atoms with Crippen LogP contribution in [0, 0.1) is 23.0 Å². The van der Waals surface area contributed by atoms with Crippen molar-refractivity contribution in [2.75, 3.05) is 13.2 Å². The molecule has 0 unspecified atom stereocenters. The molecule has 0 aliphatic heterocycles. The van der Waals surface area contributed by atoms with E-state index in [9.17, 15) is 13.6 Å². The predicted molar refractivity (Wildman–Crippen MR) is 81.4 cm³/mol. The van der Waals surface area contributed by atoms with Gasteiger partial charge in [0.15, 0.2) is 0 Å². The molecule has 0 saturated carbocycles. The number of nitrogens with two attached hydrogens (primary N) is 1. The Bertz CT molecular complexity index is 788. The number of carbonyl (C=O) groups is 1. The zero-order chi connectivity index (χ0) is 17.5. The summed E-state index contributed by atoms with van der Waals surface area (Å²) in [6.07, 6.45) is -0.660. The third-order valence-corrected chi connectivity index (χ3v) is 3.15.